The quantitative estimate of drug-likeness (QED) is 0.549. The number of piperidine rings is 1. The van der Waals surface area contributed by atoms with Crippen molar-refractivity contribution in [1.82, 2.24) is 14.4 Å². The largest absolute Gasteiger partial charge is 0.497 e. The molecule has 0 N–H and O–H groups in total. The highest BCUT2D eigenvalue weighted by Crippen LogP contribution is 2.33. The Balaban J connectivity index is 1.45. The molecule has 0 unspecified atom stereocenters. The molecule has 9 heteroatoms. The predicted octanol–water partition coefficient (Wildman–Crippen LogP) is 3.71. The van der Waals surface area contributed by atoms with E-state index in [0.29, 0.717) is 55.8 Å². The molecule has 3 aromatic rings. The molecule has 0 spiro atoms. The van der Waals surface area contributed by atoms with Crippen molar-refractivity contribution in [3.63, 3.8) is 0 Å². The number of nitrogens with zero attached hydrogens (tertiary/aromatic N) is 3. The van der Waals surface area contributed by atoms with Crippen molar-refractivity contribution in [2.45, 2.75) is 30.6 Å². The highest BCUT2D eigenvalue weighted by atomic mass is 32.2. The summed E-state index contributed by atoms with van der Waals surface area (Å²) in [4.78, 5) is 4.84. The van der Waals surface area contributed by atoms with Gasteiger partial charge in [-0.2, -0.15) is 9.29 Å². The molecule has 1 fully saturated rings. The Labute approximate surface area is 181 Å². The van der Waals surface area contributed by atoms with Crippen molar-refractivity contribution in [3.8, 4) is 22.9 Å². The second kappa shape index (κ2) is 9.07. The maximum absolute atomic E-state index is 12.9. The monoisotopic (exact) mass is 443 g/mol. The van der Waals surface area contributed by atoms with Gasteiger partial charge in [-0.25, -0.2) is 8.42 Å². The van der Waals surface area contributed by atoms with E-state index < -0.39 is 10.0 Å². The van der Waals surface area contributed by atoms with Gasteiger partial charge in [-0.3, -0.25) is 0 Å². The summed E-state index contributed by atoms with van der Waals surface area (Å²) < 4.78 is 43.7. The van der Waals surface area contributed by atoms with Crippen LogP contribution in [0.25, 0.3) is 11.4 Å². The van der Waals surface area contributed by atoms with Crippen LogP contribution in [0.3, 0.4) is 0 Å². The molecule has 4 rings (SSSR count). The Hall–Kier alpha value is -2.91. The van der Waals surface area contributed by atoms with E-state index in [-0.39, 0.29) is 10.8 Å². The molecular formula is C22H25N3O5S. The first-order chi connectivity index (χ1) is 15.0. The number of rotatable bonds is 7. The van der Waals surface area contributed by atoms with Gasteiger partial charge in [0, 0.05) is 19.0 Å². The second-order valence-corrected chi connectivity index (χ2v) is 9.18. The van der Waals surface area contributed by atoms with Crippen molar-refractivity contribution < 1.29 is 22.4 Å². The molecule has 1 aromatic heterocycles. The lowest BCUT2D eigenvalue weighted by molar-refractivity contribution is 0.270. The van der Waals surface area contributed by atoms with Crippen LogP contribution in [-0.4, -0.2) is 49.7 Å². The summed E-state index contributed by atoms with van der Waals surface area (Å²) in [5, 5.41) is 4.13. The maximum atomic E-state index is 12.9. The minimum atomic E-state index is -3.55. The van der Waals surface area contributed by atoms with Gasteiger partial charge in [0.1, 0.15) is 11.5 Å². The van der Waals surface area contributed by atoms with Crippen LogP contribution in [0.1, 0.15) is 31.6 Å². The summed E-state index contributed by atoms with van der Waals surface area (Å²) in [6.45, 7) is 3.26. The van der Waals surface area contributed by atoms with Gasteiger partial charge >= 0.3 is 0 Å². The maximum Gasteiger partial charge on any atom is 0.243 e. The molecule has 0 saturated carbocycles. The fraction of sp³-hybridized carbons (Fsp3) is 0.364. The molecule has 0 atom stereocenters. The van der Waals surface area contributed by atoms with E-state index in [2.05, 4.69) is 10.1 Å². The summed E-state index contributed by atoms with van der Waals surface area (Å²) in [7, 11) is -2.00. The first-order valence-corrected chi connectivity index (χ1v) is 11.7. The van der Waals surface area contributed by atoms with Crippen molar-refractivity contribution in [3.05, 3.63) is 54.4 Å². The minimum absolute atomic E-state index is 0.0165. The van der Waals surface area contributed by atoms with E-state index in [1.165, 1.54) is 4.31 Å². The third-order valence-electron chi connectivity index (χ3n) is 5.37. The molecule has 31 heavy (non-hydrogen) atoms. The van der Waals surface area contributed by atoms with Gasteiger partial charge in [0.05, 0.1) is 24.2 Å². The number of aromatic nitrogens is 2. The number of hydrogen-bond acceptors (Lipinski definition) is 7. The third-order valence-corrected chi connectivity index (χ3v) is 7.28. The molecule has 1 aliphatic heterocycles. The Morgan fingerprint density at radius 2 is 1.81 bits per heavy atom. The normalized spacial score (nSPS) is 15.7. The van der Waals surface area contributed by atoms with Crippen molar-refractivity contribution >= 4 is 10.0 Å². The van der Waals surface area contributed by atoms with E-state index in [1.54, 1.807) is 31.4 Å². The number of sulfonamides is 1. The van der Waals surface area contributed by atoms with Crippen LogP contribution in [0.5, 0.6) is 11.5 Å². The van der Waals surface area contributed by atoms with Gasteiger partial charge in [-0.05, 0) is 56.2 Å². The van der Waals surface area contributed by atoms with Crippen LogP contribution in [0.15, 0.2) is 57.9 Å². The highest BCUT2D eigenvalue weighted by Gasteiger charge is 2.32. The standard InChI is InChI=1S/C22H25N3O5S/c1-3-29-20-7-5-4-6-19(20)21-23-22(30-24-21)16-12-14-25(15-13-16)31(26,27)18-10-8-17(28-2)9-11-18/h4-11,16H,3,12-15H2,1-2H3. The fourth-order valence-electron chi connectivity index (χ4n) is 3.68. The highest BCUT2D eigenvalue weighted by molar-refractivity contribution is 7.89. The smallest absolute Gasteiger partial charge is 0.243 e. The van der Waals surface area contributed by atoms with E-state index in [9.17, 15) is 8.42 Å². The lowest BCUT2D eigenvalue weighted by atomic mass is 9.98. The van der Waals surface area contributed by atoms with Gasteiger partial charge in [0.25, 0.3) is 0 Å². The van der Waals surface area contributed by atoms with E-state index in [0.717, 1.165) is 5.56 Å². The lowest BCUT2D eigenvalue weighted by Crippen LogP contribution is -2.37. The van der Waals surface area contributed by atoms with Crippen LogP contribution in [0.2, 0.25) is 0 Å². The fourth-order valence-corrected chi connectivity index (χ4v) is 5.15. The molecule has 164 valence electrons. The average Bonchev–Trinajstić information content (AvgIpc) is 3.30. The zero-order chi connectivity index (χ0) is 21.8. The molecule has 2 aromatic carbocycles. The molecule has 0 aliphatic carbocycles. The molecule has 0 bridgehead atoms. The van der Waals surface area contributed by atoms with Crippen molar-refractivity contribution in [2.75, 3.05) is 26.8 Å². The predicted molar refractivity (Wildman–Crippen MR) is 115 cm³/mol. The summed E-state index contributed by atoms with van der Waals surface area (Å²) in [5.74, 6) is 2.35. The zero-order valence-corrected chi connectivity index (χ0v) is 18.3. The van der Waals surface area contributed by atoms with Gasteiger partial charge in [-0.15, -0.1) is 0 Å². The van der Waals surface area contributed by atoms with Crippen LogP contribution in [-0.2, 0) is 10.0 Å². The van der Waals surface area contributed by atoms with Crippen molar-refractivity contribution in [1.29, 1.82) is 0 Å². The summed E-state index contributed by atoms with van der Waals surface area (Å²) in [6, 6.07) is 14.0. The Kier molecular flexibility index (Phi) is 6.24. The molecular weight excluding hydrogens is 418 g/mol. The number of ether oxygens (including phenoxy) is 2. The summed E-state index contributed by atoms with van der Waals surface area (Å²) >= 11 is 0. The molecule has 1 aliphatic rings. The van der Waals surface area contributed by atoms with E-state index in [1.807, 2.05) is 31.2 Å². The Bertz CT molecular complexity index is 1120. The summed E-state index contributed by atoms with van der Waals surface area (Å²) in [5.41, 5.74) is 0.777. The Morgan fingerprint density at radius 3 is 2.48 bits per heavy atom. The molecule has 1 saturated heterocycles. The molecule has 0 radical (unpaired) electrons. The Morgan fingerprint density at radius 1 is 1.10 bits per heavy atom. The van der Waals surface area contributed by atoms with Crippen LogP contribution in [0, 0.1) is 0 Å². The lowest BCUT2D eigenvalue weighted by Gasteiger charge is -2.29. The van der Waals surface area contributed by atoms with Gasteiger partial charge < -0.3 is 14.0 Å². The summed E-state index contributed by atoms with van der Waals surface area (Å²) in [6.07, 6.45) is 1.23. The van der Waals surface area contributed by atoms with Crippen molar-refractivity contribution in [2.24, 2.45) is 0 Å². The first kappa shape index (κ1) is 21.3. The van der Waals surface area contributed by atoms with Gasteiger partial charge in [0.15, 0.2) is 0 Å². The third kappa shape index (κ3) is 4.42. The number of methoxy groups -OCH3 is 1. The molecule has 0 amide bonds. The second-order valence-electron chi connectivity index (χ2n) is 7.24. The topological polar surface area (TPSA) is 94.8 Å². The van der Waals surface area contributed by atoms with Crippen LogP contribution < -0.4 is 9.47 Å². The number of para-hydroxylation sites is 1. The molecule has 8 nitrogen and oxygen atoms in total. The van der Waals surface area contributed by atoms with E-state index >= 15 is 0 Å². The minimum Gasteiger partial charge on any atom is -0.497 e. The number of benzene rings is 2. The first-order valence-electron chi connectivity index (χ1n) is 10.2. The molecule has 2 heterocycles. The van der Waals surface area contributed by atoms with Gasteiger partial charge in [0.2, 0.25) is 21.7 Å². The zero-order valence-electron chi connectivity index (χ0n) is 17.5. The van der Waals surface area contributed by atoms with Crippen LogP contribution in [0.4, 0.5) is 0 Å². The van der Waals surface area contributed by atoms with E-state index in [4.69, 9.17) is 14.0 Å². The average molecular weight is 444 g/mol. The van der Waals surface area contributed by atoms with Crippen LogP contribution >= 0.6 is 0 Å². The number of hydrogen-bond donors (Lipinski definition) is 0. The van der Waals surface area contributed by atoms with Gasteiger partial charge in [-0.1, -0.05) is 17.3 Å². The SMILES string of the molecule is CCOc1ccccc1-c1noc(C2CCN(S(=O)(=O)c3ccc(OC)cc3)CC2)n1.